The lowest BCUT2D eigenvalue weighted by atomic mass is 9.95. The van der Waals surface area contributed by atoms with Crippen molar-refractivity contribution in [3.63, 3.8) is 0 Å². The van der Waals surface area contributed by atoms with Crippen molar-refractivity contribution in [3.8, 4) is 11.1 Å². The summed E-state index contributed by atoms with van der Waals surface area (Å²) in [6.07, 6.45) is 8.58. The first-order valence-corrected chi connectivity index (χ1v) is 14.8. The molecule has 0 atom stereocenters. The fraction of sp³-hybridized carbons (Fsp3) is 0.310. The maximum absolute atomic E-state index is 15.2. The second-order valence-corrected chi connectivity index (χ2v) is 11.8. The number of rotatable bonds is 7. The van der Waals surface area contributed by atoms with E-state index in [-0.39, 0.29) is 15.6 Å². The second-order valence-electron chi connectivity index (χ2n) is 9.78. The van der Waals surface area contributed by atoms with Gasteiger partial charge in [-0.05, 0) is 84.8 Å². The van der Waals surface area contributed by atoms with Crippen LogP contribution < -0.4 is 10.0 Å². The number of hydrogen-bond donors (Lipinski definition) is 2. The minimum absolute atomic E-state index is 0.0660. The highest BCUT2D eigenvalue weighted by Gasteiger charge is 2.21. The van der Waals surface area contributed by atoms with E-state index in [2.05, 4.69) is 21.9 Å². The van der Waals surface area contributed by atoms with Gasteiger partial charge in [-0.1, -0.05) is 49.9 Å². The Morgan fingerprint density at radius 1 is 1.08 bits per heavy atom. The first-order chi connectivity index (χ1) is 18.2. The Hall–Kier alpha value is -3.23. The molecule has 3 aromatic carbocycles. The highest BCUT2D eigenvalue weighted by Crippen LogP contribution is 2.34. The van der Waals surface area contributed by atoms with Crippen LogP contribution in [0.25, 0.3) is 22.0 Å². The topological polar surface area (TPSA) is 84.0 Å². The molecule has 0 bridgehead atoms. The van der Waals surface area contributed by atoms with Crippen molar-refractivity contribution in [2.45, 2.75) is 63.3 Å². The third kappa shape index (κ3) is 5.47. The van der Waals surface area contributed by atoms with Gasteiger partial charge in [-0.25, -0.2) is 22.8 Å². The van der Waals surface area contributed by atoms with E-state index in [1.54, 1.807) is 12.1 Å². The molecule has 1 aromatic heterocycles. The summed E-state index contributed by atoms with van der Waals surface area (Å²) in [7, 11) is -4.06. The zero-order valence-electron chi connectivity index (χ0n) is 21.4. The molecule has 0 radical (unpaired) electrons. The molecule has 0 unspecified atom stereocenters. The molecule has 2 N–H and O–H groups in total. The van der Waals surface area contributed by atoms with Crippen molar-refractivity contribution >= 4 is 44.2 Å². The number of benzene rings is 3. The quantitative estimate of drug-likeness (QED) is 0.248. The maximum atomic E-state index is 15.2. The average Bonchev–Trinajstić information content (AvgIpc) is 2.90. The van der Waals surface area contributed by atoms with E-state index in [0.29, 0.717) is 17.6 Å². The number of aromatic nitrogens is 2. The van der Waals surface area contributed by atoms with E-state index in [1.807, 2.05) is 25.3 Å². The molecule has 1 fully saturated rings. The van der Waals surface area contributed by atoms with Crippen LogP contribution in [0.2, 0.25) is 5.02 Å². The van der Waals surface area contributed by atoms with E-state index < -0.39 is 15.8 Å². The summed E-state index contributed by atoms with van der Waals surface area (Å²) in [6, 6.07) is 13.3. The molecule has 0 spiro atoms. The van der Waals surface area contributed by atoms with Gasteiger partial charge in [0.25, 0.3) is 10.0 Å². The largest absolute Gasteiger partial charge is 0.351 e. The summed E-state index contributed by atoms with van der Waals surface area (Å²) in [5.41, 5.74) is 4.00. The fourth-order valence-electron chi connectivity index (χ4n) is 5.08. The monoisotopic (exact) mass is 552 g/mol. The number of nitrogens with one attached hydrogen (secondary N) is 2. The minimum atomic E-state index is -4.06. The van der Waals surface area contributed by atoms with Crippen molar-refractivity contribution in [3.05, 3.63) is 76.7 Å². The van der Waals surface area contributed by atoms with Crippen LogP contribution in [0.3, 0.4) is 0 Å². The number of halogens is 2. The molecular weight excluding hydrogens is 523 g/mol. The molecule has 1 aliphatic carbocycles. The summed E-state index contributed by atoms with van der Waals surface area (Å²) in [5, 5.41) is 4.43. The van der Waals surface area contributed by atoms with Crippen LogP contribution in [-0.4, -0.2) is 24.4 Å². The van der Waals surface area contributed by atoms with Crippen LogP contribution in [0.15, 0.2) is 59.6 Å². The molecular formula is C29H30ClFN4O2S. The van der Waals surface area contributed by atoms with Crippen molar-refractivity contribution < 1.29 is 12.8 Å². The Bertz CT molecular complexity index is 1600. The lowest BCUT2D eigenvalue weighted by Crippen LogP contribution is -2.23. The van der Waals surface area contributed by atoms with Crippen molar-refractivity contribution in [2.75, 3.05) is 10.0 Å². The van der Waals surface area contributed by atoms with Gasteiger partial charge >= 0.3 is 0 Å². The number of anilines is 2. The number of fused-ring (bicyclic) bond motifs is 1. The first-order valence-electron chi connectivity index (χ1n) is 12.9. The summed E-state index contributed by atoms with van der Waals surface area (Å²) in [6.45, 7) is 3.89. The van der Waals surface area contributed by atoms with Crippen LogP contribution in [-0.2, 0) is 16.4 Å². The molecule has 6 nitrogen and oxygen atoms in total. The smallest absolute Gasteiger partial charge is 0.263 e. The normalized spacial score (nSPS) is 14.5. The molecule has 4 aromatic rings. The van der Waals surface area contributed by atoms with E-state index in [0.717, 1.165) is 46.9 Å². The van der Waals surface area contributed by atoms with Gasteiger partial charge in [-0.3, -0.25) is 4.72 Å². The molecule has 0 amide bonds. The molecule has 0 saturated heterocycles. The van der Waals surface area contributed by atoms with E-state index in [9.17, 15) is 8.42 Å². The zero-order valence-corrected chi connectivity index (χ0v) is 23.0. The van der Waals surface area contributed by atoms with Crippen LogP contribution >= 0.6 is 11.6 Å². The van der Waals surface area contributed by atoms with Gasteiger partial charge in [0, 0.05) is 17.6 Å². The van der Waals surface area contributed by atoms with Gasteiger partial charge in [0.1, 0.15) is 10.7 Å². The van der Waals surface area contributed by atoms with Gasteiger partial charge in [-0.15, -0.1) is 0 Å². The van der Waals surface area contributed by atoms with Crippen LogP contribution in [0.5, 0.6) is 0 Å². The molecule has 38 heavy (non-hydrogen) atoms. The predicted octanol–water partition coefficient (Wildman–Crippen LogP) is 7.51. The summed E-state index contributed by atoms with van der Waals surface area (Å²) in [4.78, 5) is 9.27. The van der Waals surface area contributed by atoms with Crippen LogP contribution in [0.1, 0.15) is 50.2 Å². The molecule has 1 saturated carbocycles. The Labute approximate surface area is 227 Å². The van der Waals surface area contributed by atoms with Gasteiger partial charge in [0.05, 0.1) is 16.2 Å². The van der Waals surface area contributed by atoms with Gasteiger partial charge < -0.3 is 5.32 Å². The highest BCUT2D eigenvalue weighted by molar-refractivity contribution is 7.92. The first kappa shape index (κ1) is 26.4. The lowest BCUT2D eigenvalue weighted by Gasteiger charge is -2.23. The van der Waals surface area contributed by atoms with Gasteiger partial charge in [0.2, 0.25) is 5.95 Å². The van der Waals surface area contributed by atoms with Crippen LogP contribution in [0.4, 0.5) is 16.0 Å². The third-order valence-corrected chi connectivity index (χ3v) is 8.94. The summed E-state index contributed by atoms with van der Waals surface area (Å²) in [5.74, 6) is -0.0353. The summed E-state index contributed by atoms with van der Waals surface area (Å²) >= 11 is 6.06. The van der Waals surface area contributed by atoms with Crippen molar-refractivity contribution in [1.29, 1.82) is 0 Å². The second kappa shape index (κ2) is 10.9. The predicted molar refractivity (Wildman–Crippen MR) is 152 cm³/mol. The maximum Gasteiger partial charge on any atom is 0.263 e. The Balaban J connectivity index is 1.47. The summed E-state index contributed by atoms with van der Waals surface area (Å²) < 4.78 is 43.3. The molecule has 0 aliphatic heterocycles. The molecule has 198 valence electrons. The van der Waals surface area contributed by atoms with E-state index in [4.69, 9.17) is 16.6 Å². The highest BCUT2D eigenvalue weighted by atomic mass is 35.5. The Morgan fingerprint density at radius 3 is 2.58 bits per heavy atom. The average molecular weight is 553 g/mol. The SMILES string of the molecule is CCc1cc(-c2cc(F)c(NS(=O)(=O)c3ccccc3Cl)cc2C)cc2cnc(NC3CCCCC3)nc12. The number of aryl methyl sites for hydroxylation is 2. The standard InChI is InChI=1S/C29H30ClFN4O2S/c1-3-19-14-20(15-21-17-32-29(34-28(19)21)33-22-9-5-4-6-10-22)23-16-25(31)26(13-18(23)2)35-38(36,37)27-12-8-7-11-24(27)30/h7-8,11-17,22,35H,3-6,9-10H2,1-2H3,(H,32,33,34). The zero-order chi connectivity index (χ0) is 26.9. The van der Waals surface area contributed by atoms with Gasteiger partial charge in [-0.2, -0.15) is 0 Å². The van der Waals surface area contributed by atoms with Crippen molar-refractivity contribution in [1.82, 2.24) is 9.97 Å². The third-order valence-electron chi connectivity index (χ3n) is 7.08. The molecule has 9 heteroatoms. The number of sulfonamides is 1. The van der Waals surface area contributed by atoms with Crippen LogP contribution in [0, 0.1) is 12.7 Å². The number of hydrogen-bond acceptors (Lipinski definition) is 5. The molecule has 1 heterocycles. The van der Waals surface area contributed by atoms with E-state index >= 15 is 4.39 Å². The molecule has 5 rings (SSSR count). The fourth-order valence-corrected chi connectivity index (χ4v) is 6.66. The minimum Gasteiger partial charge on any atom is -0.351 e. The Kier molecular flexibility index (Phi) is 7.54. The lowest BCUT2D eigenvalue weighted by molar-refractivity contribution is 0.461. The van der Waals surface area contributed by atoms with E-state index in [1.165, 1.54) is 43.5 Å². The number of nitrogens with zero attached hydrogens (tertiary/aromatic N) is 2. The Morgan fingerprint density at radius 2 is 1.84 bits per heavy atom. The van der Waals surface area contributed by atoms with Gasteiger partial charge in [0.15, 0.2) is 0 Å². The molecule has 1 aliphatic rings. The van der Waals surface area contributed by atoms with Crippen molar-refractivity contribution in [2.24, 2.45) is 0 Å².